The molecular weight excluding hydrogens is 260 g/mol. The summed E-state index contributed by atoms with van der Waals surface area (Å²) in [6.45, 7) is 4.63. The maximum absolute atomic E-state index is 11.9. The number of nitrogens with zero attached hydrogens (tertiary/aromatic N) is 1. The molecule has 0 fully saturated rings. The van der Waals surface area contributed by atoms with Crippen LogP contribution in [0, 0.1) is 5.92 Å². The van der Waals surface area contributed by atoms with Crippen molar-refractivity contribution in [2.45, 2.75) is 31.6 Å². The van der Waals surface area contributed by atoms with E-state index in [9.17, 15) is 8.42 Å². The molecule has 0 radical (unpaired) electrons. The highest BCUT2D eigenvalue weighted by Gasteiger charge is 2.17. The molecule has 4 nitrogen and oxygen atoms in total. The van der Waals surface area contributed by atoms with Crippen molar-refractivity contribution in [3.05, 3.63) is 23.5 Å². The van der Waals surface area contributed by atoms with E-state index in [0.717, 1.165) is 12.8 Å². The number of rotatable bonds is 6. The van der Waals surface area contributed by atoms with Gasteiger partial charge in [-0.3, -0.25) is 0 Å². The highest BCUT2D eigenvalue weighted by atomic mass is 35.5. The fraction of sp³-hybridized carbons (Fsp3) is 0.545. The summed E-state index contributed by atoms with van der Waals surface area (Å²) in [7, 11) is -3.53. The molecule has 0 aliphatic rings. The Labute approximate surface area is 107 Å². The number of aromatic nitrogens is 1. The summed E-state index contributed by atoms with van der Waals surface area (Å²) in [4.78, 5) is 3.78. The standard InChI is InChI=1S/C11H17ClN2O2S/c1-9(2)5-3-8-14-17(15,16)10-6-4-7-13-11(10)12/h4,6-7,9,14H,3,5,8H2,1-2H3. The minimum absolute atomic E-state index is 0.00357. The SMILES string of the molecule is CC(C)CCCNS(=O)(=O)c1cccnc1Cl. The topological polar surface area (TPSA) is 59.1 Å². The maximum Gasteiger partial charge on any atom is 0.243 e. The van der Waals surface area contributed by atoms with Gasteiger partial charge in [-0.2, -0.15) is 0 Å². The number of hydrogen-bond acceptors (Lipinski definition) is 3. The van der Waals surface area contributed by atoms with Crippen LogP contribution in [0.3, 0.4) is 0 Å². The molecule has 0 amide bonds. The van der Waals surface area contributed by atoms with Gasteiger partial charge < -0.3 is 0 Å². The summed E-state index contributed by atoms with van der Waals surface area (Å²) in [6.07, 6.45) is 3.26. The summed E-state index contributed by atoms with van der Waals surface area (Å²) in [6, 6.07) is 2.99. The second-order valence-corrected chi connectivity index (χ2v) is 6.32. The van der Waals surface area contributed by atoms with Gasteiger partial charge in [-0.1, -0.05) is 25.4 Å². The van der Waals surface area contributed by atoms with Gasteiger partial charge in [-0.15, -0.1) is 0 Å². The monoisotopic (exact) mass is 276 g/mol. The molecule has 0 bridgehead atoms. The van der Waals surface area contributed by atoms with Crippen molar-refractivity contribution in [1.29, 1.82) is 0 Å². The van der Waals surface area contributed by atoms with E-state index in [4.69, 9.17) is 11.6 Å². The van der Waals surface area contributed by atoms with Crippen LogP contribution in [0.2, 0.25) is 5.15 Å². The minimum atomic E-state index is -3.53. The molecule has 96 valence electrons. The third-order valence-electron chi connectivity index (χ3n) is 2.26. The quantitative estimate of drug-likeness (QED) is 0.641. The van der Waals surface area contributed by atoms with Crippen LogP contribution >= 0.6 is 11.6 Å². The van der Waals surface area contributed by atoms with E-state index in [1.54, 1.807) is 6.07 Å². The molecular formula is C11H17ClN2O2S. The number of hydrogen-bond donors (Lipinski definition) is 1. The Kier molecular flexibility index (Phi) is 5.36. The second-order valence-electron chi connectivity index (χ2n) is 4.23. The average molecular weight is 277 g/mol. The van der Waals surface area contributed by atoms with Crippen molar-refractivity contribution in [2.24, 2.45) is 5.92 Å². The lowest BCUT2D eigenvalue weighted by Gasteiger charge is -2.08. The van der Waals surface area contributed by atoms with E-state index in [-0.39, 0.29) is 10.0 Å². The van der Waals surface area contributed by atoms with Crippen LogP contribution in [0.15, 0.2) is 23.2 Å². The first-order valence-electron chi connectivity index (χ1n) is 5.53. The zero-order chi connectivity index (χ0) is 12.9. The molecule has 1 N–H and O–H groups in total. The van der Waals surface area contributed by atoms with Gasteiger partial charge in [-0.05, 0) is 30.9 Å². The van der Waals surface area contributed by atoms with Gasteiger partial charge in [0.25, 0.3) is 0 Å². The molecule has 0 aliphatic carbocycles. The van der Waals surface area contributed by atoms with Crippen LogP contribution in [-0.4, -0.2) is 19.9 Å². The molecule has 0 atom stereocenters. The van der Waals surface area contributed by atoms with Crippen molar-refractivity contribution in [3.63, 3.8) is 0 Å². The molecule has 0 aromatic carbocycles. The van der Waals surface area contributed by atoms with Crippen molar-refractivity contribution in [3.8, 4) is 0 Å². The van der Waals surface area contributed by atoms with Gasteiger partial charge in [0.1, 0.15) is 10.0 Å². The van der Waals surface area contributed by atoms with Gasteiger partial charge in [0.2, 0.25) is 10.0 Å². The normalized spacial score (nSPS) is 12.0. The molecule has 1 heterocycles. The van der Waals surface area contributed by atoms with Gasteiger partial charge in [0.15, 0.2) is 0 Å². The predicted molar refractivity (Wildman–Crippen MR) is 68.5 cm³/mol. The lowest BCUT2D eigenvalue weighted by atomic mass is 10.1. The molecule has 17 heavy (non-hydrogen) atoms. The summed E-state index contributed by atoms with van der Waals surface area (Å²) in [5.41, 5.74) is 0. The van der Waals surface area contributed by atoms with Crippen molar-refractivity contribution < 1.29 is 8.42 Å². The molecule has 0 unspecified atom stereocenters. The average Bonchev–Trinajstić information content (AvgIpc) is 2.24. The fourth-order valence-corrected chi connectivity index (χ4v) is 2.89. The van der Waals surface area contributed by atoms with E-state index in [1.165, 1.54) is 12.3 Å². The Morgan fingerprint density at radius 1 is 1.47 bits per heavy atom. The molecule has 0 spiro atoms. The van der Waals surface area contributed by atoms with E-state index in [0.29, 0.717) is 12.5 Å². The molecule has 6 heteroatoms. The summed E-state index contributed by atoms with van der Waals surface area (Å²) in [5, 5.41) is 0.00357. The van der Waals surface area contributed by atoms with Gasteiger partial charge in [0.05, 0.1) is 0 Å². The molecule has 1 aromatic heterocycles. The molecule has 0 aliphatic heterocycles. The van der Waals surface area contributed by atoms with Crippen LogP contribution < -0.4 is 4.72 Å². The Morgan fingerprint density at radius 3 is 2.76 bits per heavy atom. The van der Waals surface area contributed by atoms with Crippen molar-refractivity contribution in [1.82, 2.24) is 9.71 Å². The molecule has 1 rings (SSSR count). The zero-order valence-corrected chi connectivity index (χ0v) is 11.6. The fourth-order valence-electron chi connectivity index (χ4n) is 1.37. The largest absolute Gasteiger partial charge is 0.243 e. The smallest absolute Gasteiger partial charge is 0.243 e. The first-order valence-corrected chi connectivity index (χ1v) is 7.40. The lowest BCUT2D eigenvalue weighted by molar-refractivity contribution is 0.540. The summed E-state index contributed by atoms with van der Waals surface area (Å²) >= 11 is 5.74. The molecule has 0 saturated heterocycles. The van der Waals surface area contributed by atoms with E-state index >= 15 is 0 Å². The van der Waals surface area contributed by atoms with Gasteiger partial charge in [0, 0.05) is 12.7 Å². The summed E-state index contributed by atoms with van der Waals surface area (Å²) < 4.78 is 26.2. The zero-order valence-electron chi connectivity index (χ0n) is 9.98. The number of nitrogens with one attached hydrogen (secondary N) is 1. The van der Waals surface area contributed by atoms with Crippen LogP contribution in [0.25, 0.3) is 0 Å². The van der Waals surface area contributed by atoms with Gasteiger partial charge >= 0.3 is 0 Å². The van der Waals surface area contributed by atoms with Crippen molar-refractivity contribution in [2.75, 3.05) is 6.54 Å². The van der Waals surface area contributed by atoms with Crippen LogP contribution in [0.1, 0.15) is 26.7 Å². The first kappa shape index (κ1) is 14.4. The third kappa shape index (κ3) is 4.61. The first-order chi connectivity index (χ1) is 7.93. The van der Waals surface area contributed by atoms with Crippen LogP contribution in [0.4, 0.5) is 0 Å². The maximum atomic E-state index is 11.9. The predicted octanol–water partition coefficient (Wildman–Crippen LogP) is 2.45. The Bertz CT molecular complexity index is 460. The van der Waals surface area contributed by atoms with Crippen LogP contribution in [0.5, 0.6) is 0 Å². The van der Waals surface area contributed by atoms with E-state index in [2.05, 4.69) is 23.6 Å². The van der Waals surface area contributed by atoms with Crippen molar-refractivity contribution >= 4 is 21.6 Å². The van der Waals surface area contributed by atoms with E-state index in [1.807, 2.05) is 0 Å². The highest BCUT2D eigenvalue weighted by molar-refractivity contribution is 7.89. The Morgan fingerprint density at radius 2 is 2.18 bits per heavy atom. The highest BCUT2D eigenvalue weighted by Crippen LogP contribution is 2.17. The number of pyridine rings is 1. The van der Waals surface area contributed by atoms with Crippen LogP contribution in [-0.2, 0) is 10.0 Å². The molecule has 0 saturated carbocycles. The Balaban J connectivity index is 2.61. The Hall–Kier alpha value is -0.650. The lowest BCUT2D eigenvalue weighted by Crippen LogP contribution is -2.25. The van der Waals surface area contributed by atoms with E-state index < -0.39 is 10.0 Å². The minimum Gasteiger partial charge on any atom is -0.243 e. The second kappa shape index (κ2) is 6.33. The third-order valence-corrected chi connectivity index (χ3v) is 4.17. The molecule has 1 aromatic rings. The summed E-state index contributed by atoms with van der Waals surface area (Å²) in [5.74, 6) is 0.571. The number of halogens is 1. The van der Waals surface area contributed by atoms with Gasteiger partial charge in [-0.25, -0.2) is 18.1 Å². The number of sulfonamides is 1.